The Bertz CT molecular complexity index is 196. The van der Waals surface area contributed by atoms with Gasteiger partial charge in [-0.2, -0.15) is 0 Å². The fourth-order valence-electron chi connectivity index (χ4n) is 1.90. The van der Waals surface area contributed by atoms with Crippen molar-refractivity contribution in [2.24, 2.45) is 5.92 Å². The van der Waals surface area contributed by atoms with E-state index in [1.54, 1.807) is 5.57 Å². The molecule has 0 aromatic carbocycles. The van der Waals surface area contributed by atoms with Crippen molar-refractivity contribution >= 4 is 8.07 Å². The van der Waals surface area contributed by atoms with Gasteiger partial charge in [-0.1, -0.05) is 37.0 Å². The minimum atomic E-state index is -0.990. The summed E-state index contributed by atoms with van der Waals surface area (Å²) >= 11 is 0. The summed E-state index contributed by atoms with van der Waals surface area (Å²) in [5.74, 6) is 0.705. The van der Waals surface area contributed by atoms with E-state index in [1.165, 1.54) is 19.3 Å². The second-order valence-electron chi connectivity index (χ2n) is 4.82. The minimum absolute atomic E-state index is 0.705. The molecule has 1 atom stereocenters. The van der Waals surface area contributed by atoms with Crippen LogP contribution in [0.5, 0.6) is 0 Å². The molecule has 0 bridgehead atoms. The summed E-state index contributed by atoms with van der Waals surface area (Å²) in [5, 5.41) is 0. The first-order valence-corrected chi connectivity index (χ1v) is 8.45. The topological polar surface area (TPSA) is 0 Å². The van der Waals surface area contributed by atoms with Crippen LogP contribution in [-0.4, -0.2) is 8.07 Å². The molecule has 68 valence electrons. The van der Waals surface area contributed by atoms with Crippen LogP contribution in [0.1, 0.15) is 19.3 Å². The molecule has 1 aliphatic rings. The Morgan fingerprint density at radius 3 is 2.58 bits per heavy atom. The number of allylic oxidation sites excluding steroid dienone is 2. The highest BCUT2D eigenvalue weighted by atomic mass is 28.3. The lowest BCUT2D eigenvalue weighted by Gasteiger charge is -2.14. The normalized spacial score (nSPS) is 27.9. The Kier molecular flexibility index (Phi) is 2.94. The Morgan fingerprint density at radius 2 is 2.08 bits per heavy atom. The fourth-order valence-corrected chi connectivity index (χ4v) is 3.37. The van der Waals surface area contributed by atoms with E-state index in [-0.39, 0.29) is 0 Å². The van der Waals surface area contributed by atoms with E-state index >= 15 is 0 Å². The molecule has 0 heterocycles. The summed E-state index contributed by atoms with van der Waals surface area (Å²) in [5.41, 5.74) is 4.23. The maximum atomic E-state index is 3.90. The van der Waals surface area contributed by atoms with Crippen LogP contribution in [0.2, 0.25) is 19.6 Å². The van der Waals surface area contributed by atoms with Gasteiger partial charge >= 0.3 is 0 Å². The van der Waals surface area contributed by atoms with Gasteiger partial charge in [0.05, 0.1) is 8.07 Å². The number of rotatable bonds is 2. The van der Waals surface area contributed by atoms with E-state index in [0.717, 1.165) is 0 Å². The van der Waals surface area contributed by atoms with E-state index in [4.69, 9.17) is 0 Å². The Labute approximate surface area is 77.4 Å². The highest BCUT2D eigenvalue weighted by Gasteiger charge is 2.20. The third-order valence-corrected chi connectivity index (χ3v) is 3.60. The fraction of sp³-hybridized carbons (Fsp3) is 0.636. The molecule has 1 saturated carbocycles. The van der Waals surface area contributed by atoms with Gasteiger partial charge in [-0.15, -0.1) is 6.58 Å². The predicted octanol–water partition coefficient (Wildman–Crippen LogP) is 3.78. The highest BCUT2D eigenvalue weighted by Crippen LogP contribution is 2.32. The summed E-state index contributed by atoms with van der Waals surface area (Å²) in [6.45, 7) is 11.1. The van der Waals surface area contributed by atoms with E-state index in [9.17, 15) is 0 Å². The lowest BCUT2D eigenvalue weighted by atomic mass is 10.1. The molecular formula is C11H20Si. The molecule has 0 spiro atoms. The molecule has 0 radical (unpaired) electrons. The molecule has 1 aliphatic carbocycles. The van der Waals surface area contributed by atoms with Crippen molar-refractivity contribution in [3.63, 3.8) is 0 Å². The van der Waals surface area contributed by atoms with Crippen molar-refractivity contribution in [1.82, 2.24) is 0 Å². The zero-order chi connectivity index (χ0) is 9.19. The molecule has 0 nitrogen and oxygen atoms in total. The molecule has 1 unspecified atom stereocenters. The molecule has 1 fully saturated rings. The van der Waals surface area contributed by atoms with E-state index < -0.39 is 8.07 Å². The van der Waals surface area contributed by atoms with Crippen LogP contribution in [-0.2, 0) is 0 Å². The average molecular weight is 180 g/mol. The van der Waals surface area contributed by atoms with Crippen LogP contribution in [0.15, 0.2) is 23.9 Å². The molecule has 0 amide bonds. The van der Waals surface area contributed by atoms with Crippen LogP contribution < -0.4 is 0 Å². The number of hydrogen-bond donors (Lipinski definition) is 0. The Balaban J connectivity index is 2.73. The summed E-state index contributed by atoms with van der Waals surface area (Å²) in [6, 6.07) is 0. The molecule has 1 heteroatoms. The maximum Gasteiger partial charge on any atom is 0.0686 e. The average Bonchev–Trinajstić information content (AvgIpc) is 2.31. The first-order chi connectivity index (χ1) is 5.53. The van der Waals surface area contributed by atoms with Crippen molar-refractivity contribution in [2.75, 3.05) is 0 Å². The Hall–Kier alpha value is -0.303. The monoisotopic (exact) mass is 180 g/mol. The summed E-state index contributed by atoms with van der Waals surface area (Å²) in [4.78, 5) is 0. The van der Waals surface area contributed by atoms with E-state index in [1.807, 2.05) is 0 Å². The molecule has 0 aliphatic heterocycles. The molecular weight excluding hydrogens is 160 g/mol. The van der Waals surface area contributed by atoms with Gasteiger partial charge in [0.1, 0.15) is 0 Å². The van der Waals surface area contributed by atoms with Gasteiger partial charge in [-0.3, -0.25) is 0 Å². The van der Waals surface area contributed by atoms with Gasteiger partial charge in [0, 0.05) is 0 Å². The van der Waals surface area contributed by atoms with Crippen molar-refractivity contribution in [3.8, 4) is 0 Å². The molecule has 12 heavy (non-hydrogen) atoms. The molecule has 1 rings (SSSR count). The lowest BCUT2D eigenvalue weighted by Crippen LogP contribution is -2.17. The van der Waals surface area contributed by atoms with Gasteiger partial charge < -0.3 is 0 Å². The molecule has 0 saturated heterocycles. The van der Waals surface area contributed by atoms with Crippen molar-refractivity contribution < 1.29 is 0 Å². The number of hydrogen-bond acceptors (Lipinski definition) is 0. The smallest absolute Gasteiger partial charge is 0.0686 e. The summed E-state index contributed by atoms with van der Waals surface area (Å²) in [6.07, 6.45) is 6.15. The molecule has 0 N–H and O–H groups in total. The van der Waals surface area contributed by atoms with Gasteiger partial charge in [0.25, 0.3) is 0 Å². The summed E-state index contributed by atoms with van der Waals surface area (Å²) < 4.78 is 0. The summed E-state index contributed by atoms with van der Waals surface area (Å²) in [7, 11) is -0.990. The third kappa shape index (κ3) is 2.63. The molecule has 0 aromatic rings. The second-order valence-corrected chi connectivity index (χ2v) is 9.84. The third-order valence-electron chi connectivity index (χ3n) is 2.36. The van der Waals surface area contributed by atoms with Crippen LogP contribution in [0.3, 0.4) is 0 Å². The standard InChI is InChI=1S/C11H20Si/c1-5-10-7-6-8-11(10)9-12(2,3)4/h5,9-10H,1,6-8H2,2-4H3/b11-9+. The van der Waals surface area contributed by atoms with Gasteiger partial charge in [0.2, 0.25) is 0 Å². The minimum Gasteiger partial charge on any atom is -0.102 e. The molecule has 0 aromatic heterocycles. The maximum absolute atomic E-state index is 3.90. The highest BCUT2D eigenvalue weighted by molar-refractivity contribution is 6.81. The Morgan fingerprint density at radius 1 is 1.42 bits per heavy atom. The van der Waals surface area contributed by atoms with E-state index in [0.29, 0.717) is 5.92 Å². The van der Waals surface area contributed by atoms with Crippen LogP contribution in [0.25, 0.3) is 0 Å². The van der Waals surface area contributed by atoms with Crippen LogP contribution in [0, 0.1) is 5.92 Å². The zero-order valence-electron chi connectivity index (χ0n) is 8.56. The quantitative estimate of drug-likeness (QED) is 0.448. The van der Waals surface area contributed by atoms with Crippen LogP contribution >= 0.6 is 0 Å². The predicted molar refractivity (Wildman–Crippen MR) is 59.0 cm³/mol. The van der Waals surface area contributed by atoms with Crippen LogP contribution in [0.4, 0.5) is 0 Å². The van der Waals surface area contributed by atoms with E-state index in [2.05, 4.69) is 38.0 Å². The van der Waals surface area contributed by atoms with Crippen molar-refractivity contribution in [3.05, 3.63) is 23.9 Å². The van der Waals surface area contributed by atoms with Gasteiger partial charge in [0.15, 0.2) is 0 Å². The van der Waals surface area contributed by atoms with Crippen molar-refractivity contribution in [1.29, 1.82) is 0 Å². The largest absolute Gasteiger partial charge is 0.102 e. The van der Waals surface area contributed by atoms with Crippen molar-refractivity contribution in [2.45, 2.75) is 38.9 Å². The SMILES string of the molecule is C=CC1CCC/C1=C\[Si](C)(C)C. The van der Waals surface area contributed by atoms with Gasteiger partial charge in [-0.05, 0) is 25.2 Å². The first kappa shape index (κ1) is 9.78. The van der Waals surface area contributed by atoms with Gasteiger partial charge in [-0.25, -0.2) is 0 Å². The lowest BCUT2D eigenvalue weighted by molar-refractivity contribution is 0.767. The second kappa shape index (κ2) is 3.61. The first-order valence-electron chi connectivity index (χ1n) is 4.87. The zero-order valence-corrected chi connectivity index (χ0v) is 9.56.